The third kappa shape index (κ3) is 3.87. The SMILES string of the molecule is COc1ccc(CN2C(=O)CCC2c2nc(-c3ccc(F)c(Br)c3)no2)cc1F. The Labute approximate surface area is 173 Å². The highest BCUT2D eigenvalue weighted by molar-refractivity contribution is 9.10. The molecular formula is C20H16BrF2N3O3. The quantitative estimate of drug-likeness (QED) is 0.550. The molecule has 0 saturated carbocycles. The molecule has 1 fully saturated rings. The van der Waals surface area contributed by atoms with Gasteiger partial charge in [-0.15, -0.1) is 0 Å². The van der Waals surface area contributed by atoms with Crippen molar-refractivity contribution in [2.24, 2.45) is 0 Å². The molecule has 150 valence electrons. The smallest absolute Gasteiger partial charge is 0.249 e. The Balaban J connectivity index is 1.57. The fraction of sp³-hybridized carbons (Fsp3) is 0.250. The van der Waals surface area contributed by atoms with Crippen LogP contribution >= 0.6 is 15.9 Å². The summed E-state index contributed by atoms with van der Waals surface area (Å²) < 4.78 is 38.1. The number of halogens is 3. The minimum Gasteiger partial charge on any atom is -0.494 e. The molecule has 0 radical (unpaired) electrons. The van der Waals surface area contributed by atoms with E-state index in [2.05, 4.69) is 26.1 Å². The molecule has 1 saturated heterocycles. The largest absolute Gasteiger partial charge is 0.494 e. The summed E-state index contributed by atoms with van der Waals surface area (Å²) in [4.78, 5) is 18.4. The number of nitrogens with zero attached hydrogens (tertiary/aromatic N) is 3. The molecule has 0 bridgehead atoms. The van der Waals surface area contributed by atoms with Crippen LogP contribution in [0.2, 0.25) is 0 Å². The zero-order valence-electron chi connectivity index (χ0n) is 15.4. The lowest BCUT2D eigenvalue weighted by atomic mass is 10.1. The van der Waals surface area contributed by atoms with Crippen LogP contribution in [0.15, 0.2) is 45.4 Å². The van der Waals surface area contributed by atoms with E-state index in [0.717, 1.165) is 0 Å². The molecule has 1 amide bonds. The predicted molar refractivity (Wildman–Crippen MR) is 103 cm³/mol. The summed E-state index contributed by atoms with van der Waals surface area (Å²) in [6.45, 7) is 0.213. The molecule has 1 unspecified atom stereocenters. The molecule has 1 aliphatic rings. The Morgan fingerprint density at radius 3 is 2.79 bits per heavy atom. The summed E-state index contributed by atoms with van der Waals surface area (Å²) in [6, 6.07) is 8.58. The number of rotatable bonds is 5. The summed E-state index contributed by atoms with van der Waals surface area (Å²) in [6.07, 6.45) is 0.856. The Hall–Kier alpha value is -2.81. The van der Waals surface area contributed by atoms with E-state index in [-0.39, 0.29) is 18.2 Å². The summed E-state index contributed by atoms with van der Waals surface area (Å²) >= 11 is 3.13. The maximum absolute atomic E-state index is 14.0. The fourth-order valence-electron chi connectivity index (χ4n) is 3.32. The van der Waals surface area contributed by atoms with Gasteiger partial charge in [-0.25, -0.2) is 8.78 Å². The molecule has 6 nitrogen and oxygen atoms in total. The van der Waals surface area contributed by atoms with E-state index in [9.17, 15) is 13.6 Å². The van der Waals surface area contributed by atoms with Crippen molar-refractivity contribution in [3.8, 4) is 17.1 Å². The van der Waals surface area contributed by atoms with Gasteiger partial charge in [-0.05, 0) is 58.2 Å². The Morgan fingerprint density at radius 2 is 2.07 bits per heavy atom. The van der Waals surface area contributed by atoms with Gasteiger partial charge in [0.05, 0.1) is 11.6 Å². The van der Waals surface area contributed by atoms with Gasteiger partial charge in [-0.3, -0.25) is 4.79 Å². The molecule has 0 N–H and O–H groups in total. The van der Waals surface area contributed by atoms with Crippen molar-refractivity contribution in [1.29, 1.82) is 0 Å². The van der Waals surface area contributed by atoms with Crippen molar-refractivity contribution in [1.82, 2.24) is 15.0 Å². The fourth-order valence-corrected chi connectivity index (χ4v) is 3.70. The van der Waals surface area contributed by atoms with Crippen LogP contribution in [-0.4, -0.2) is 28.1 Å². The second-order valence-corrected chi connectivity index (χ2v) is 7.48. The number of aromatic nitrogens is 2. The lowest BCUT2D eigenvalue weighted by Crippen LogP contribution is -2.27. The monoisotopic (exact) mass is 463 g/mol. The first-order valence-corrected chi connectivity index (χ1v) is 9.66. The maximum atomic E-state index is 14.0. The van der Waals surface area contributed by atoms with Crippen molar-refractivity contribution < 1.29 is 22.8 Å². The van der Waals surface area contributed by atoms with Crippen LogP contribution in [0.25, 0.3) is 11.4 Å². The molecule has 0 aliphatic carbocycles. The molecule has 1 aromatic heterocycles. The number of ether oxygens (including phenoxy) is 1. The number of hydrogen-bond acceptors (Lipinski definition) is 5. The minimum atomic E-state index is -0.491. The van der Waals surface area contributed by atoms with E-state index in [1.807, 2.05) is 0 Å². The number of amides is 1. The average Bonchev–Trinajstić information content (AvgIpc) is 3.32. The highest BCUT2D eigenvalue weighted by Crippen LogP contribution is 2.35. The number of hydrogen-bond donors (Lipinski definition) is 0. The molecule has 3 aromatic rings. The number of carbonyl (C=O) groups excluding carboxylic acids is 1. The van der Waals surface area contributed by atoms with E-state index in [1.54, 1.807) is 23.1 Å². The lowest BCUT2D eigenvalue weighted by Gasteiger charge is -2.22. The number of likely N-dealkylation sites (tertiary alicyclic amines) is 1. The predicted octanol–water partition coefficient (Wildman–Crippen LogP) is 4.65. The average molecular weight is 464 g/mol. The lowest BCUT2D eigenvalue weighted by molar-refractivity contribution is -0.130. The second kappa shape index (κ2) is 7.90. The van der Waals surface area contributed by atoms with E-state index in [1.165, 1.54) is 25.3 Å². The first-order valence-electron chi connectivity index (χ1n) is 8.87. The highest BCUT2D eigenvalue weighted by Gasteiger charge is 2.36. The van der Waals surface area contributed by atoms with Gasteiger partial charge in [-0.2, -0.15) is 4.98 Å². The summed E-state index contributed by atoms with van der Waals surface area (Å²) in [5.74, 6) is -0.219. The molecular weight excluding hydrogens is 448 g/mol. The van der Waals surface area contributed by atoms with Crippen LogP contribution in [0.4, 0.5) is 8.78 Å². The van der Waals surface area contributed by atoms with Crippen LogP contribution in [-0.2, 0) is 11.3 Å². The van der Waals surface area contributed by atoms with Crippen molar-refractivity contribution in [3.05, 3.63) is 64.0 Å². The number of benzene rings is 2. The van der Waals surface area contributed by atoms with Gasteiger partial charge < -0.3 is 14.2 Å². The van der Waals surface area contributed by atoms with Gasteiger partial charge in [0, 0.05) is 18.5 Å². The second-order valence-electron chi connectivity index (χ2n) is 6.63. The minimum absolute atomic E-state index is 0.0736. The van der Waals surface area contributed by atoms with Crippen LogP contribution in [0.5, 0.6) is 5.75 Å². The van der Waals surface area contributed by atoms with Crippen LogP contribution in [0, 0.1) is 11.6 Å². The standard InChI is InChI=1S/C20H16BrF2N3O3/c1-28-17-6-2-11(8-15(17)23)10-26-16(5-7-18(26)27)20-24-19(25-29-20)12-3-4-14(22)13(21)9-12/h2-4,6,8-9,16H,5,7,10H2,1H3. The van der Waals surface area contributed by atoms with Gasteiger partial charge in [0.2, 0.25) is 17.6 Å². The van der Waals surface area contributed by atoms with Gasteiger partial charge in [0.1, 0.15) is 11.9 Å². The summed E-state index contributed by atoms with van der Waals surface area (Å²) in [7, 11) is 1.39. The molecule has 2 aromatic carbocycles. The molecule has 4 rings (SSSR count). The molecule has 0 spiro atoms. The topological polar surface area (TPSA) is 68.5 Å². The Bertz CT molecular complexity index is 1070. The van der Waals surface area contributed by atoms with Crippen LogP contribution in [0.1, 0.15) is 30.3 Å². The van der Waals surface area contributed by atoms with Crippen molar-refractivity contribution >= 4 is 21.8 Å². The molecule has 1 atom stereocenters. The van der Waals surface area contributed by atoms with Crippen molar-refractivity contribution in [2.45, 2.75) is 25.4 Å². The van der Waals surface area contributed by atoms with Gasteiger partial charge in [-0.1, -0.05) is 11.2 Å². The highest BCUT2D eigenvalue weighted by atomic mass is 79.9. The van der Waals surface area contributed by atoms with E-state index in [4.69, 9.17) is 9.26 Å². The zero-order valence-corrected chi connectivity index (χ0v) is 16.9. The summed E-state index contributed by atoms with van der Waals surface area (Å²) in [5, 5.41) is 3.96. The third-order valence-electron chi connectivity index (χ3n) is 4.80. The van der Waals surface area contributed by atoms with E-state index >= 15 is 0 Å². The summed E-state index contributed by atoms with van der Waals surface area (Å²) in [5.41, 5.74) is 1.21. The van der Waals surface area contributed by atoms with Gasteiger partial charge in [0.15, 0.2) is 11.6 Å². The van der Waals surface area contributed by atoms with Gasteiger partial charge in [0.25, 0.3) is 0 Å². The Morgan fingerprint density at radius 1 is 1.24 bits per heavy atom. The molecule has 2 heterocycles. The zero-order chi connectivity index (χ0) is 20.5. The van der Waals surface area contributed by atoms with Crippen LogP contribution in [0.3, 0.4) is 0 Å². The molecule has 1 aliphatic heterocycles. The Kier molecular flexibility index (Phi) is 5.31. The first-order chi connectivity index (χ1) is 14.0. The first kappa shape index (κ1) is 19.5. The van der Waals surface area contributed by atoms with Crippen LogP contribution < -0.4 is 4.74 Å². The molecule has 29 heavy (non-hydrogen) atoms. The van der Waals surface area contributed by atoms with Gasteiger partial charge >= 0.3 is 0 Å². The maximum Gasteiger partial charge on any atom is 0.249 e. The van der Waals surface area contributed by atoms with Crippen molar-refractivity contribution in [2.75, 3.05) is 7.11 Å². The number of methoxy groups -OCH3 is 1. The number of carbonyl (C=O) groups is 1. The molecule has 9 heteroatoms. The van der Waals surface area contributed by atoms with Crippen molar-refractivity contribution in [3.63, 3.8) is 0 Å². The third-order valence-corrected chi connectivity index (χ3v) is 5.41. The normalized spacial score (nSPS) is 16.5. The van der Waals surface area contributed by atoms with E-state index in [0.29, 0.717) is 40.2 Å². The van der Waals surface area contributed by atoms with E-state index < -0.39 is 17.7 Å².